The van der Waals surface area contributed by atoms with Crippen LogP contribution in [0, 0.1) is 29.1 Å². The monoisotopic (exact) mass is 381 g/mol. The van der Waals surface area contributed by atoms with Gasteiger partial charge in [-0.2, -0.15) is 0 Å². The highest BCUT2D eigenvalue weighted by atomic mass is 16.5. The van der Waals surface area contributed by atoms with Crippen molar-refractivity contribution in [2.45, 2.75) is 27.2 Å². The number of hydrogen-bond donors (Lipinski definition) is 0. The van der Waals surface area contributed by atoms with Gasteiger partial charge >= 0.3 is 5.97 Å². The number of allylic oxidation sites excluding steroid dienone is 2. The quantitative estimate of drug-likeness (QED) is 0.455. The number of amides is 2. The van der Waals surface area contributed by atoms with Gasteiger partial charge in [-0.15, -0.1) is 0 Å². The molecule has 146 valence electrons. The summed E-state index contributed by atoms with van der Waals surface area (Å²) in [4.78, 5) is 51.3. The van der Waals surface area contributed by atoms with Gasteiger partial charge in [-0.1, -0.05) is 39.0 Å². The van der Waals surface area contributed by atoms with Crippen molar-refractivity contribution in [3.05, 3.63) is 42.0 Å². The molecule has 28 heavy (non-hydrogen) atoms. The summed E-state index contributed by atoms with van der Waals surface area (Å²) in [5.74, 6) is -1.54. The lowest BCUT2D eigenvalue weighted by Crippen LogP contribution is -2.33. The number of nitrogens with zero attached hydrogens (tertiary/aromatic N) is 1. The Balaban J connectivity index is 1.52. The first-order chi connectivity index (χ1) is 13.2. The molecule has 1 aromatic rings. The number of carbonyl (C=O) groups excluding carboxylic acids is 4. The molecule has 2 amide bonds. The van der Waals surface area contributed by atoms with Crippen LogP contribution in [-0.2, 0) is 19.1 Å². The number of ketones is 1. The molecule has 1 aromatic carbocycles. The molecular formula is C22H23NO5. The summed E-state index contributed by atoms with van der Waals surface area (Å²) in [7, 11) is 0. The Morgan fingerprint density at radius 1 is 1.07 bits per heavy atom. The molecule has 0 N–H and O–H groups in total. The molecule has 0 radical (unpaired) electrons. The van der Waals surface area contributed by atoms with Gasteiger partial charge in [0.15, 0.2) is 12.4 Å². The van der Waals surface area contributed by atoms with Crippen LogP contribution in [0.25, 0.3) is 0 Å². The molecular weight excluding hydrogens is 358 g/mol. The molecule has 4 unspecified atom stereocenters. The zero-order valence-corrected chi connectivity index (χ0v) is 16.2. The largest absolute Gasteiger partial charge is 0.454 e. The fourth-order valence-electron chi connectivity index (χ4n) is 4.36. The Bertz CT molecular complexity index is 880. The van der Waals surface area contributed by atoms with Crippen LogP contribution in [0.15, 0.2) is 36.4 Å². The summed E-state index contributed by atoms with van der Waals surface area (Å²) < 4.78 is 5.12. The van der Waals surface area contributed by atoms with Crippen LogP contribution in [0.5, 0.6) is 0 Å². The third-order valence-electron chi connectivity index (χ3n) is 5.98. The van der Waals surface area contributed by atoms with Gasteiger partial charge in [-0.05, 0) is 36.5 Å². The molecule has 2 fully saturated rings. The summed E-state index contributed by atoms with van der Waals surface area (Å²) in [6, 6.07) is 6.28. The first kappa shape index (κ1) is 18.6. The minimum atomic E-state index is -0.652. The van der Waals surface area contributed by atoms with Gasteiger partial charge in [0.1, 0.15) is 0 Å². The van der Waals surface area contributed by atoms with Crippen molar-refractivity contribution in [2.24, 2.45) is 29.1 Å². The zero-order chi connectivity index (χ0) is 20.2. The Morgan fingerprint density at radius 2 is 1.68 bits per heavy atom. The van der Waals surface area contributed by atoms with Gasteiger partial charge in [-0.3, -0.25) is 14.4 Å². The summed E-state index contributed by atoms with van der Waals surface area (Å²) in [5.41, 5.74) is -0.0137. The smallest absolute Gasteiger partial charge is 0.338 e. The van der Waals surface area contributed by atoms with Gasteiger partial charge in [0, 0.05) is 5.41 Å². The van der Waals surface area contributed by atoms with Gasteiger partial charge in [0.2, 0.25) is 11.8 Å². The van der Waals surface area contributed by atoms with E-state index >= 15 is 0 Å². The van der Waals surface area contributed by atoms with E-state index in [1.54, 1.807) is 39.0 Å². The number of Topliss-reactive ketones (excluding diaryl/α,β-unsaturated/α-hetero) is 1. The first-order valence-electron chi connectivity index (χ1n) is 9.55. The lowest BCUT2D eigenvalue weighted by Gasteiger charge is -2.18. The van der Waals surface area contributed by atoms with E-state index in [1.807, 2.05) is 12.2 Å². The van der Waals surface area contributed by atoms with Crippen molar-refractivity contribution in [3.8, 4) is 0 Å². The third kappa shape index (κ3) is 2.87. The van der Waals surface area contributed by atoms with Crippen molar-refractivity contribution < 1.29 is 23.9 Å². The molecule has 6 heteroatoms. The SMILES string of the molecule is CC(C)(C)C(=O)COC(=O)c1cccc(N2C(=O)C3C4C=CC(C4)C3C2=O)c1. The maximum absolute atomic E-state index is 12.9. The number of benzene rings is 1. The van der Waals surface area contributed by atoms with E-state index in [-0.39, 0.29) is 53.4 Å². The molecule has 4 rings (SSSR count). The second kappa shape index (κ2) is 6.40. The Labute approximate surface area is 163 Å². The van der Waals surface area contributed by atoms with Crippen LogP contribution in [0.4, 0.5) is 5.69 Å². The molecule has 3 aliphatic rings. The van der Waals surface area contributed by atoms with Crippen molar-refractivity contribution in [1.29, 1.82) is 0 Å². The highest BCUT2D eigenvalue weighted by molar-refractivity contribution is 6.23. The zero-order valence-electron chi connectivity index (χ0n) is 16.2. The molecule has 1 saturated carbocycles. The van der Waals surface area contributed by atoms with E-state index in [4.69, 9.17) is 4.74 Å². The molecule has 2 bridgehead atoms. The summed E-state index contributed by atoms with van der Waals surface area (Å²) in [6.45, 7) is 4.96. The number of rotatable bonds is 4. The number of fused-ring (bicyclic) bond motifs is 5. The predicted molar refractivity (Wildman–Crippen MR) is 101 cm³/mol. The minimum Gasteiger partial charge on any atom is -0.454 e. The van der Waals surface area contributed by atoms with Crippen LogP contribution in [0.3, 0.4) is 0 Å². The summed E-state index contributed by atoms with van der Waals surface area (Å²) in [5, 5.41) is 0. The standard InChI is InChI=1S/C22H23NO5/c1-22(2,3)16(24)11-28-21(27)14-5-4-6-15(10-14)23-19(25)17-12-7-8-13(9-12)18(17)20(23)26/h4-8,10,12-13,17-18H,9,11H2,1-3H3. The number of imide groups is 1. The van der Waals surface area contributed by atoms with Gasteiger partial charge < -0.3 is 4.74 Å². The average Bonchev–Trinajstić information content (AvgIpc) is 3.32. The number of anilines is 1. The van der Waals surface area contributed by atoms with Gasteiger partial charge in [0.05, 0.1) is 23.1 Å². The van der Waals surface area contributed by atoms with Crippen molar-refractivity contribution in [3.63, 3.8) is 0 Å². The first-order valence-corrected chi connectivity index (χ1v) is 9.55. The minimum absolute atomic E-state index is 0.132. The van der Waals surface area contributed by atoms with Crippen LogP contribution < -0.4 is 4.90 Å². The van der Waals surface area contributed by atoms with Crippen molar-refractivity contribution >= 4 is 29.3 Å². The van der Waals surface area contributed by atoms with Crippen LogP contribution in [-0.4, -0.2) is 30.2 Å². The number of esters is 1. The molecule has 6 nitrogen and oxygen atoms in total. The molecule has 2 aliphatic carbocycles. The second-order valence-corrected chi connectivity index (χ2v) is 8.81. The van der Waals surface area contributed by atoms with E-state index in [0.29, 0.717) is 5.69 Å². The normalized spacial score (nSPS) is 28.0. The van der Waals surface area contributed by atoms with E-state index in [1.165, 1.54) is 11.0 Å². The van der Waals surface area contributed by atoms with Crippen LogP contribution in [0.1, 0.15) is 37.6 Å². The number of hydrogen-bond acceptors (Lipinski definition) is 5. The molecule has 0 spiro atoms. The average molecular weight is 381 g/mol. The topological polar surface area (TPSA) is 80.8 Å². The lowest BCUT2D eigenvalue weighted by molar-refractivity contribution is -0.129. The fraction of sp³-hybridized carbons (Fsp3) is 0.455. The molecule has 0 aromatic heterocycles. The van der Waals surface area contributed by atoms with Crippen molar-refractivity contribution in [1.82, 2.24) is 0 Å². The molecule has 1 heterocycles. The van der Waals surface area contributed by atoms with Gasteiger partial charge in [0.25, 0.3) is 0 Å². The second-order valence-electron chi connectivity index (χ2n) is 8.81. The molecule has 4 atom stereocenters. The summed E-state index contributed by atoms with van der Waals surface area (Å²) in [6.07, 6.45) is 4.95. The summed E-state index contributed by atoms with van der Waals surface area (Å²) >= 11 is 0. The lowest BCUT2D eigenvalue weighted by atomic mass is 9.85. The van der Waals surface area contributed by atoms with Crippen LogP contribution >= 0.6 is 0 Å². The maximum Gasteiger partial charge on any atom is 0.338 e. The van der Waals surface area contributed by atoms with Crippen molar-refractivity contribution in [2.75, 3.05) is 11.5 Å². The van der Waals surface area contributed by atoms with Gasteiger partial charge in [-0.25, -0.2) is 9.69 Å². The Morgan fingerprint density at radius 3 is 2.25 bits per heavy atom. The fourth-order valence-corrected chi connectivity index (χ4v) is 4.36. The third-order valence-corrected chi connectivity index (χ3v) is 5.98. The Kier molecular flexibility index (Phi) is 4.25. The maximum atomic E-state index is 12.9. The number of ether oxygens (including phenoxy) is 1. The molecule has 1 saturated heterocycles. The van der Waals surface area contributed by atoms with Crippen LogP contribution in [0.2, 0.25) is 0 Å². The van der Waals surface area contributed by atoms with E-state index < -0.39 is 11.4 Å². The van der Waals surface area contributed by atoms with E-state index in [0.717, 1.165) is 6.42 Å². The highest BCUT2D eigenvalue weighted by Gasteiger charge is 2.59. The highest BCUT2D eigenvalue weighted by Crippen LogP contribution is 2.53. The number of carbonyl (C=O) groups is 4. The van der Waals surface area contributed by atoms with E-state index in [9.17, 15) is 19.2 Å². The predicted octanol–water partition coefficient (Wildman–Crippen LogP) is 2.77. The molecule has 1 aliphatic heterocycles. The Hall–Kier alpha value is -2.76. The van der Waals surface area contributed by atoms with E-state index in [2.05, 4.69) is 0 Å².